The molecule has 6 heteroatoms. The smallest absolute Gasteiger partial charge is 0.225 e. The summed E-state index contributed by atoms with van der Waals surface area (Å²) in [6.45, 7) is 4.21. The number of benzene rings is 2. The molecule has 0 spiro atoms. The molecule has 0 saturated carbocycles. The maximum absolute atomic E-state index is 12.8. The summed E-state index contributed by atoms with van der Waals surface area (Å²) < 4.78 is 0. The maximum Gasteiger partial charge on any atom is 0.225 e. The lowest BCUT2D eigenvalue weighted by molar-refractivity contribution is -0.125. The summed E-state index contributed by atoms with van der Waals surface area (Å²) in [5.74, 6) is 0.919. The van der Waals surface area contributed by atoms with E-state index >= 15 is 0 Å². The third kappa shape index (κ3) is 5.44. The Hall–Kier alpha value is -2.86. The van der Waals surface area contributed by atoms with Gasteiger partial charge >= 0.3 is 0 Å². The Labute approximate surface area is 188 Å². The number of carbonyl (C=O) groups excluding carboxylic acids is 1. The van der Waals surface area contributed by atoms with Crippen LogP contribution in [0.5, 0.6) is 0 Å². The molecule has 1 aliphatic rings. The van der Waals surface area contributed by atoms with Gasteiger partial charge in [-0.3, -0.25) is 4.79 Å². The number of rotatable bonds is 6. The monoisotopic (exact) mass is 432 g/mol. The first kappa shape index (κ1) is 21.4. The molecule has 1 N–H and O–H groups in total. The lowest BCUT2D eigenvalue weighted by Gasteiger charge is -2.32. The van der Waals surface area contributed by atoms with Crippen LogP contribution in [0.3, 0.4) is 0 Å². The zero-order chi connectivity index (χ0) is 21.6. The summed E-state index contributed by atoms with van der Waals surface area (Å²) in [4.78, 5) is 16.2. The lowest BCUT2D eigenvalue weighted by Crippen LogP contribution is -2.43. The molecule has 0 unspecified atom stereocenters. The lowest BCUT2D eigenvalue weighted by atomic mass is 9.97. The van der Waals surface area contributed by atoms with Crippen LogP contribution in [0, 0.1) is 12.8 Å². The Morgan fingerprint density at radius 3 is 2.68 bits per heavy atom. The minimum Gasteiger partial charge on any atom is -0.354 e. The molecule has 0 bridgehead atoms. The number of piperidine rings is 1. The van der Waals surface area contributed by atoms with Gasteiger partial charge in [-0.1, -0.05) is 35.9 Å². The van der Waals surface area contributed by atoms with Crippen LogP contribution in [0.2, 0.25) is 0 Å². The third-order valence-electron chi connectivity index (χ3n) is 5.71. The highest BCUT2D eigenvalue weighted by Gasteiger charge is 2.26. The molecule has 2 heterocycles. The third-order valence-corrected chi connectivity index (χ3v) is 6.45. The van der Waals surface area contributed by atoms with Gasteiger partial charge < -0.3 is 10.2 Å². The number of hydrogen-bond acceptors (Lipinski definition) is 5. The Balaban J connectivity index is 1.35. The van der Waals surface area contributed by atoms with E-state index in [9.17, 15) is 4.79 Å². The van der Waals surface area contributed by atoms with E-state index in [4.69, 9.17) is 0 Å². The van der Waals surface area contributed by atoms with Crippen LogP contribution < -0.4 is 10.2 Å². The van der Waals surface area contributed by atoms with Crippen molar-refractivity contribution < 1.29 is 4.79 Å². The topological polar surface area (TPSA) is 58.1 Å². The summed E-state index contributed by atoms with van der Waals surface area (Å²) in [6, 6.07) is 20.6. The van der Waals surface area contributed by atoms with Gasteiger partial charge in [-0.2, -0.15) is 0 Å². The Morgan fingerprint density at radius 1 is 1.13 bits per heavy atom. The van der Waals surface area contributed by atoms with Gasteiger partial charge in [0, 0.05) is 30.1 Å². The summed E-state index contributed by atoms with van der Waals surface area (Å²) in [6.07, 6.45) is 3.94. The van der Waals surface area contributed by atoms with E-state index in [2.05, 4.69) is 70.0 Å². The number of aryl methyl sites for hydroxylation is 1. The van der Waals surface area contributed by atoms with E-state index in [1.807, 2.05) is 24.3 Å². The number of nitrogens with one attached hydrogen (secondary N) is 1. The number of hydrogen-bond donors (Lipinski definition) is 1. The SMILES string of the molecule is CSc1ccc(CNC(=O)[C@H]2CCCN(c3ccc(-c4cccc(C)c4)nn3)C2)cc1. The molecule has 1 aliphatic heterocycles. The predicted octanol–water partition coefficient (Wildman–Crippen LogP) is 4.71. The van der Waals surface area contributed by atoms with Crippen LogP contribution in [0.25, 0.3) is 11.3 Å². The zero-order valence-electron chi connectivity index (χ0n) is 18.0. The van der Waals surface area contributed by atoms with E-state index < -0.39 is 0 Å². The second-order valence-corrected chi connectivity index (χ2v) is 8.88. The molecule has 0 radical (unpaired) electrons. The first-order chi connectivity index (χ1) is 15.1. The molecule has 31 heavy (non-hydrogen) atoms. The Bertz CT molecular complexity index is 1020. The highest BCUT2D eigenvalue weighted by molar-refractivity contribution is 7.98. The van der Waals surface area contributed by atoms with Gasteiger partial charge in [0.1, 0.15) is 0 Å². The molecule has 1 fully saturated rings. The summed E-state index contributed by atoms with van der Waals surface area (Å²) in [5.41, 5.74) is 4.26. The maximum atomic E-state index is 12.8. The second-order valence-electron chi connectivity index (χ2n) is 8.00. The van der Waals surface area contributed by atoms with Gasteiger partial charge in [0.25, 0.3) is 0 Å². The largest absolute Gasteiger partial charge is 0.354 e. The molecule has 1 saturated heterocycles. The van der Waals surface area contributed by atoms with Crippen LogP contribution in [0.1, 0.15) is 24.0 Å². The quantitative estimate of drug-likeness (QED) is 0.572. The van der Waals surface area contributed by atoms with Crippen LogP contribution in [0.4, 0.5) is 5.82 Å². The minimum atomic E-state index is -0.0301. The summed E-state index contributed by atoms with van der Waals surface area (Å²) >= 11 is 1.72. The van der Waals surface area contributed by atoms with Crippen molar-refractivity contribution in [3.8, 4) is 11.3 Å². The average Bonchev–Trinajstić information content (AvgIpc) is 2.83. The van der Waals surface area contributed by atoms with Crippen LogP contribution >= 0.6 is 11.8 Å². The highest BCUT2D eigenvalue weighted by atomic mass is 32.2. The molecule has 5 nitrogen and oxygen atoms in total. The fourth-order valence-electron chi connectivity index (χ4n) is 3.93. The van der Waals surface area contributed by atoms with E-state index in [0.717, 1.165) is 42.0 Å². The van der Waals surface area contributed by atoms with Crippen molar-refractivity contribution >= 4 is 23.5 Å². The Morgan fingerprint density at radius 2 is 1.97 bits per heavy atom. The second kappa shape index (κ2) is 9.96. The predicted molar refractivity (Wildman–Crippen MR) is 127 cm³/mol. The molecule has 3 aromatic rings. The van der Waals surface area contributed by atoms with Crippen LogP contribution in [-0.4, -0.2) is 35.4 Å². The van der Waals surface area contributed by atoms with Crippen molar-refractivity contribution in [3.63, 3.8) is 0 Å². The van der Waals surface area contributed by atoms with E-state index in [-0.39, 0.29) is 11.8 Å². The van der Waals surface area contributed by atoms with Gasteiger partial charge in [0.15, 0.2) is 5.82 Å². The van der Waals surface area contributed by atoms with Crippen LogP contribution in [0.15, 0.2) is 65.6 Å². The average molecular weight is 433 g/mol. The standard InChI is InChI=1S/C25H28N4OS/c1-18-5-3-6-20(15-18)23-12-13-24(28-27-23)29-14-4-7-21(17-29)25(30)26-16-19-8-10-22(31-2)11-9-19/h3,5-6,8-13,15,21H,4,7,14,16-17H2,1-2H3,(H,26,30)/t21-/m0/s1. The zero-order valence-corrected chi connectivity index (χ0v) is 18.9. The fraction of sp³-hybridized carbons (Fsp3) is 0.320. The van der Waals surface area contributed by atoms with Crippen molar-refractivity contribution in [3.05, 3.63) is 71.8 Å². The van der Waals surface area contributed by atoms with Crippen molar-refractivity contribution in [2.75, 3.05) is 24.2 Å². The fourth-order valence-corrected chi connectivity index (χ4v) is 4.34. The normalized spacial score (nSPS) is 16.2. The number of amides is 1. The van der Waals surface area contributed by atoms with E-state index in [1.54, 1.807) is 11.8 Å². The van der Waals surface area contributed by atoms with Gasteiger partial charge in [0.2, 0.25) is 5.91 Å². The Kier molecular flexibility index (Phi) is 6.87. The number of carbonyl (C=O) groups is 1. The van der Waals surface area contributed by atoms with Crippen LogP contribution in [-0.2, 0) is 11.3 Å². The molecular weight excluding hydrogens is 404 g/mol. The molecule has 1 atom stereocenters. The minimum absolute atomic E-state index is 0.0301. The van der Waals surface area contributed by atoms with Gasteiger partial charge in [-0.15, -0.1) is 22.0 Å². The first-order valence-electron chi connectivity index (χ1n) is 10.7. The molecule has 2 aromatic carbocycles. The van der Waals surface area contributed by atoms with Gasteiger partial charge in [-0.25, -0.2) is 0 Å². The van der Waals surface area contributed by atoms with Crippen molar-refractivity contribution in [1.29, 1.82) is 0 Å². The van der Waals surface area contributed by atoms with Crippen molar-refractivity contribution in [1.82, 2.24) is 15.5 Å². The number of thioether (sulfide) groups is 1. The first-order valence-corrected chi connectivity index (χ1v) is 11.9. The van der Waals surface area contributed by atoms with Gasteiger partial charge in [-0.05, 0) is 61.9 Å². The molecule has 0 aliphatic carbocycles. The number of aromatic nitrogens is 2. The summed E-state index contributed by atoms with van der Waals surface area (Å²) in [5, 5.41) is 12.0. The number of nitrogens with zero attached hydrogens (tertiary/aromatic N) is 3. The molecule has 4 rings (SSSR count). The number of anilines is 1. The van der Waals surface area contributed by atoms with Crippen molar-refractivity contribution in [2.24, 2.45) is 5.92 Å². The van der Waals surface area contributed by atoms with Gasteiger partial charge in [0.05, 0.1) is 11.6 Å². The molecule has 1 amide bonds. The molecular formula is C25H28N4OS. The van der Waals surface area contributed by atoms with Crippen molar-refractivity contribution in [2.45, 2.75) is 31.2 Å². The highest BCUT2D eigenvalue weighted by Crippen LogP contribution is 2.24. The molecule has 1 aromatic heterocycles. The molecule has 160 valence electrons. The summed E-state index contributed by atoms with van der Waals surface area (Å²) in [7, 11) is 0. The van der Waals surface area contributed by atoms with E-state index in [0.29, 0.717) is 13.1 Å². The van der Waals surface area contributed by atoms with E-state index in [1.165, 1.54) is 10.5 Å².